The van der Waals surface area contributed by atoms with Crippen molar-refractivity contribution in [2.75, 3.05) is 18.1 Å². The Bertz CT molecular complexity index is 1500. The fourth-order valence-electron chi connectivity index (χ4n) is 4.36. The summed E-state index contributed by atoms with van der Waals surface area (Å²) in [5.74, 6) is 0.199. The number of ketones is 1. The summed E-state index contributed by atoms with van der Waals surface area (Å²) in [6.45, 7) is 6.23. The molecule has 1 aliphatic heterocycles. The topological polar surface area (TPSA) is 81.5 Å². The van der Waals surface area contributed by atoms with Crippen molar-refractivity contribution in [1.82, 2.24) is 9.55 Å². The average molecular weight is 488 g/mol. The lowest BCUT2D eigenvalue weighted by Crippen LogP contribution is -2.39. The Kier molecular flexibility index (Phi) is 5.98. The van der Waals surface area contributed by atoms with Crippen LogP contribution in [0.2, 0.25) is 0 Å². The predicted molar refractivity (Wildman–Crippen MR) is 138 cm³/mol. The molecule has 0 spiro atoms. The first-order valence-electron chi connectivity index (χ1n) is 11.6. The van der Waals surface area contributed by atoms with Crippen LogP contribution in [-0.4, -0.2) is 34.4 Å². The molecular weight excluding hydrogens is 462 g/mol. The summed E-state index contributed by atoms with van der Waals surface area (Å²) in [4.78, 5) is 46.1. The molecule has 0 saturated carbocycles. The van der Waals surface area contributed by atoms with Gasteiger partial charge in [0, 0.05) is 23.1 Å². The van der Waals surface area contributed by atoms with Crippen molar-refractivity contribution < 1.29 is 14.3 Å². The molecule has 3 heterocycles. The van der Waals surface area contributed by atoms with E-state index in [2.05, 4.69) is 4.98 Å². The minimum absolute atomic E-state index is 0.0122. The second-order valence-corrected chi connectivity index (χ2v) is 9.57. The number of aryl methyl sites for hydroxylation is 1. The molecule has 2 aromatic carbocycles. The van der Waals surface area contributed by atoms with Crippen LogP contribution in [0.1, 0.15) is 42.2 Å². The number of amides is 1. The number of rotatable bonds is 6. The summed E-state index contributed by atoms with van der Waals surface area (Å²) in [6.07, 6.45) is 2.22. The van der Waals surface area contributed by atoms with Crippen LogP contribution in [0, 0.1) is 6.92 Å². The average Bonchev–Trinajstić information content (AvgIpc) is 3.30. The highest BCUT2D eigenvalue weighted by Crippen LogP contribution is 2.34. The molecule has 0 bridgehead atoms. The number of Topliss-reactive ketones (excluding diaryl/α,β-unsaturated/α-hetero) is 1. The fraction of sp³-hybridized carbons (Fsp3) is 0.259. The number of carbonyl (C=O) groups is 2. The molecule has 35 heavy (non-hydrogen) atoms. The molecule has 5 rings (SSSR count). The van der Waals surface area contributed by atoms with Gasteiger partial charge in [-0.1, -0.05) is 36.8 Å². The highest BCUT2D eigenvalue weighted by atomic mass is 32.1. The molecule has 0 fully saturated rings. The van der Waals surface area contributed by atoms with Crippen molar-refractivity contribution in [2.24, 2.45) is 0 Å². The quantitative estimate of drug-likeness (QED) is 0.357. The molecule has 8 heteroatoms. The van der Waals surface area contributed by atoms with E-state index in [0.29, 0.717) is 33.8 Å². The van der Waals surface area contributed by atoms with Gasteiger partial charge in [-0.05, 0) is 44.0 Å². The first-order valence-corrected chi connectivity index (χ1v) is 12.4. The molecule has 0 saturated heterocycles. The van der Waals surface area contributed by atoms with Crippen molar-refractivity contribution in [3.05, 3.63) is 75.7 Å². The predicted octanol–water partition coefficient (Wildman–Crippen LogP) is 5.01. The van der Waals surface area contributed by atoms with E-state index in [1.54, 1.807) is 30.0 Å². The number of aromatic nitrogens is 2. The van der Waals surface area contributed by atoms with Crippen LogP contribution in [0.3, 0.4) is 0 Å². The minimum atomic E-state index is -0.775. The van der Waals surface area contributed by atoms with Crippen LogP contribution in [-0.2, 0) is 4.79 Å². The Hall–Kier alpha value is -3.78. The molecule has 1 amide bonds. The van der Waals surface area contributed by atoms with Crippen LogP contribution in [0.25, 0.3) is 21.3 Å². The van der Waals surface area contributed by atoms with Crippen LogP contribution >= 0.6 is 11.3 Å². The summed E-state index contributed by atoms with van der Waals surface area (Å²) in [5, 5.41) is 2.45. The lowest BCUT2D eigenvalue weighted by Gasteiger charge is -2.29. The monoisotopic (exact) mass is 487 g/mol. The number of thiophene rings is 1. The first-order chi connectivity index (χ1) is 16.9. The van der Waals surface area contributed by atoms with Gasteiger partial charge in [-0.15, -0.1) is 11.3 Å². The summed E-state index contributed by atoms with van der Waals surface area (Å²) < 4.78 is 6.94. The maximum atomic E-state index is 13.5. The van der Waals surface area contributed by atoms with Gasteiger partial charge in [0.05, 0.1) is 23.4 Å². The number of carbonyl (C=O) groups excluding carboxylic acids is 2. The van der Waals surface area contributed by atoms with Crippen molar-refractivity contribution >= 4 is 38.9 Å². The molecule has 1 unspecified atom stereocenters. The smallest absolute Gasteiger partial charge is 0.265 e. The van der Waals surface area contributed by atoms with Crippen LogP contribution < -0.4 is 15.2 Å². The number of benzene rings is 2. The third-order valence-electron chi connectivity index (χ3n) is 6.31. The van der Waals surface area contributed by atoms with E-state index in [4.69, 9.17) is 4.74 Å². The number of anilines is 1. The van der Waals surface area contributed by atoms with Gasteiger partial charge in [0.2, 0.25) is 0 Å². The third kappa shape index (κ3) is 4.04. The summed E-state index contributed by atoms with van der Waals surface area (Å²) in [6, 6.07) is 12.3. The maximum absolute atomic E-state index is 13.5. The first kappa shape index (κ1) is 23.0. The Balaban J connectivity index is 1.53. The zero-order valence-electron chi connectivity index (χ0n) is 19.8. The van der Waals surface area contributed by atoms with Crippen LogP contribution in [0.15, 0.2) is 59.0 Å². The van der Waals surface area contributed by atoms with Crippen LogP contribution in [0.5, 0.6) is 5.75 Å². The number of ether oxygens (including phenoxy) is 1. The van der Waals surface area contributed by atoms with Gasteiger partial charge in [-0.25, -0.2) is 4.98 Å². The second kappa shape index (κ2) is 9.11. The Morgan fingerprint density at radius 3 is 2.69 bits per heavy atom. The van der Waals surface area contributed by atoms with E-state index >= 15 is 0 Å². The Labute approximate surface area is 206 Å². The Morgan fingerprint density at radius 2 is 1.94 bits per heavy atom. The van der Waals surface area contributed by atoms with Crippen LogP contribution in [0.4, 0.5) is 5.69 Å². The zero-order valence-corrected chi connectivity index (χ0v) is 20.6. The van der Waals surface area contributed by atoms with Crippen molar-refractivity contribution in [2.45, 2.75) is 33.2 Å². The van der Waals surface area contributed by atoms with E-state index in [1.165, 1.54) is 22.2 Å². The molecule has 1 aliphatic rings. The molecule has 2 aromatic heterocycles. The molecule has 7 nitrogen and oxygen atoms in total. The molecule has 0 radical (unpaired) electrons. The van der Waals surface area contributed by atoms with Gasteiger partial charge < -0.3 is 9.64 Å². The van der Waals surface area contributed by atoms with E-state index in [1.807, 2.05) is 43.5 Å². The van der Waals surface area contributed by atoms with E-state index in [-0.39, 0.29) is 23.9 Å². The standard InChI is InChI=1S/C27H25N3O4S/c1-4-11-29-21-12-19(9-10-22(21)34-13-23(29)31)25(32)17(3)30-15-28-26-24(27(30)33)20(14-35-26)18-7-5-16(2)6-8-18/h5-10,12,14-15,17H,4,11,13H2,1-3H3. The van der Waals surface area contributed by atoms with Gasteiger partial charge in [0.25, 0.3) is 11.5 Å². The molecule has 178 valence electrons. The van der Waals surface area contributed by atoms with Crippen molar-refractivity contribution in [3.63, 3.8) is 0 Å². The third-order valence-corrected chi connectivity index (χ3v) is 7.20. The van der Waals surface area contributed by atoms with Gasteiger partial charge in [0.1, 0.15) is 10.6 Å². The normalized spacial score (nSPS) is 14.0. The Morgan fingerprint density at radius 1 is 1.17 bits per heavy atom. The number of hydrogen-bond acceptors (Lipinski definition) is 6. The van der Waals surface area contributed by atoms with Crippen molar-refractivity contribution in [1.29, 1.82) is 0 Å². The molecule has 1 atom stereocenters. The molecule has 4 aromatic rings. The molecule has 0 aliphatic carbocycles. The lowest BCUT2D eigenvalue weighted by atomic mass is 10.0. The SMILES string of the molecule is CCCN1C(=O)COc2ccc(C(=O)C(C)n3cnc4scc(-c5ccc(C)cc5)c4c3=O)cc21. The van der Waals surface area contributed by atoms with Crippen molar-refractivity contribution in [3.8, 4) is 16.9 Å². The van der Waals surface area contributed by atoms with E-state index < -0.39 is 6.04 Å². The van der Waals surface area contributed by atoms with Gasteiger partial charge in [-0.3, -0.25) is 19.0 Å². The number of nitrogens with zero attached hydrogens (tertiary/aromatic N) is 3. The highest BCUT2D eigenvalue weighted by molar-refractivity contribution is 7.17. The maximum Gasteiger partial charge on any atom is 0.265 e. The minimum Gasteiger partial charge on any atom is -0.482 e. The fourth-order valence-corrected chi connectivity index (χ4v) is 5.27. The number of fused-ring (bicyclic) bond motifs is 2. The molecular formula is C27H25N3O4S. The van der Waals surface area contributed by atoms with Gasteiger partial charge in [0.15, 0.2) is 12.4 Å². The largest absolute Gasteiger partial charge is 0.482 e. The van der Waals surface area contributed by atoms with Gasteiger partial charge >= 0.3 is 0 Å². The van der Waals surface area contributed by atoms with E-state index in [9.17, 15) is 14.4 Å². The molecule has 0 N–H and O–H groups in total. The zero-order chi connectivity index (χ0) is 24.7. The summed E-state index contributed by atoms with van der Waals surface area (Å²) in [5.41, 5.74) is 3.63. The summed E-state index contributed by atoms with van der Waals surface area (Å²) >= 11 is 1.41. The highest BCUT2D eigenvalue weighted by Gasteiger charge is 2.28. The summed E-state index contributed by atoms with van der Waals surface area (Å²) in [7, 11) is 0. The second-order valence-electron chi connectivity index (χ2n) is 8.71. The number of hydrogen-bond donors (Lipinski definition) is 0. The van der Waals surface area contributed by atoms with E-state index in [0.717, 1.165) is 23.1 Å². The van der Waals surface area contributed by atoms with Gasteiger partial charge in [-0.2, -0.15) is 0 Å². The lowest BCUT2D eigenvalue weighted by molar-refractivity contribution is -0.121.